The predicted octanol–water partition coefficient (Wildman–Crippen LogP) is 3.73. The van der Waals surface area contributed by atoms with Gasteiger partial charge in [-0.15, -0.1) is 0 Å². The lowest BCUT2D eigenvalue weighted by Gasteiger charge is -2.46. The number of anilines is 1. The molecule has 2 aliphatic rings. The van der Waals surface area contributed by atoms with Crippen molar-refractivity contribution in [3.05, 3.63) is 30.3 Å². The summed E-state index contributed by atoms with van der Waals surface area (Å²) in [6, 6.07) is 10.4. The van der Waals surface area contributed by atoms with E-state index in [-0.39, 0.29) is 12.8 Å². The van der Waals surface area contributed by atoms with Crippen molar-refractivity contribution in [2.24, 2.45) is 0 Å². The second kappa shape index (κ2) is 5.68. The standard InChI is InChI=1S/C16H22F2N2/c17-16(18)9-12-19(13-10-16)15-8-4-5-11-20(15)14-6-2-1-3-7-14/h1-3,6-7,15H,4-5,8-13H2. The maximum Gasteiger partial charge on any atom is 0.250 e. The molecule has 1 atom stereocenters. The van der Waals surface area contributed by atoms with Crippen LogP contribution in [0.2, 0.25) is 0 Å². The van der Waals surface area contributed by atoms with Crippen LogP contribution in [-0.4, -0.2) is 36.6 Å². The largest absolute Gasteiger partial charge is 0.356 e. The third-order valence-electron chi connectivity index (χ3n) is 4.51. The van der Waals surface area contributed by atoms with Crippen LogP contribution in [0.1, 0.15) is 32.1 Å². The Bertz CT molecular complexity index is 425. The van der Waals surface area contributed by atoms with Gasteiger partial charge in [0.2, 0.25) is 0 Å². The smallest absolute Gasteiger partial charge is 0.250 e. The molecule has 2 heterocycles. The van der Waals surface area contributed by atoms with E-state index in [9.17, 15) is 8.78 Å². The molecular formula is C16H22F2N2. The molecule has 1 aromatic carbocycles. The average molecular weight is 280 g/mol. The van der Waals surface area contributed by atoms with Crippen LogP contribution in [0.25, 0.3) is 0 Å². The topological polar surface area (TPSA) is 6.48 Å². The van der Waals surface area contributed by atoms with Gasteiger partial charge >= 0.3 is 0 Å². The number of para-hydroxylation sites is 1. The molecule has 20 heavy (non-hydrogen) atoms. The Morgan fingerprint density at radius 2 is 1.65 bits per heavy atom. The summed E-state index contributed by atoms with van der Waals surface area (Å²) in [4.78, 5) is 4.65. The Morgan fingerprint density at radius 3 is 2.35 bits per heavy atom. The van der Waals surface area contributed by atoms with Crippen LogP contribution in [0.4, 0.5) is 14.5 Å². The van der Waals surface area contributed by atoms with E-state index in [0.717, 1.165) is 13.0 Å². The van der Waals surface area contributed by atoms with E-state index in [4.69, 9.17) is 0 Å². The summed E-state index contributed by atoms with van der Waals surface area (Å²) in [5, 5.41) is 0. The molecule has 3 rings (SSSR count). The Kier molecular flexibility index (Phi) is 3.92. The number of nitrogens with zero attached hydrogens (tertiary/aromatic N) is 2. The van der Waals surface area contributed by atoms with Crippen LogP contribution >= 0.6 is 0 Å². The Morgan fingerprint density at radius 1 is 0.950 bits per heavy atom. The normalized spacial score (nSPS) is 27.5. The van der Waals surface area contributed by atoms with Gasteiger partial charge in [-0.3, -0.25) is 4.90 Å². The zero-order valence-corrected chi connectivity index (χ0v) is 11.8. The molecule has 110 valence electrons. The zero-order valence-electron chi connectivity index (χ0n) is 11.8. The average Bonchev–Trinajstić information content (AvgIpc) is 2.48. The summed E-state index contributed by atoms with van der Waals surface area (Å²) < 4.78 is 26.6. The van der Waals surface area contributed by atoms with Crippen molar-refractivity contribution in [1.29, 1.82) is 0 Å². The van der Waals surface area contributed by atoms with Gasteiger partial charge in [0.1, 0.15) is 0 Å². The quantitative estimate of drug-likeness (QED) is 0.814. The summed E-state index contributed by atoms with van der Waals surface area (Å²) in [6.45, 7) is 2.06. The molecule has 0 amide bonds. The zero-order chi connectivity index (χ0) is 14.0. The molecule has 0 aromatic heterocycles. The van der Waals surface area contributed by atoms with Gasteiger partial charge in [0.15, 0.2) is 0 Å². The highest BCUT2D eigenvalue weighted by atomic mass is 19.3. The van der Waals surface area contributed by atoms with E-state index in [1.807, 2.05) is 18.2 Å². The van der Waals surface area contributed by atoms with E-state index < -0.39 is 5.92 Å². The maximum atomic E-state index is 13.3. The second-order valence-electron chi connectivity index (χ2n) is 5.90. The monoisotopic (exact) mass is 280 g/mol. The van der Waals surface area contributed by atoms with Crippen molar-refractivity contribution in [2.45, 2.75) is 44.2 Å². The first-order chi connectivity index (χ1) is 9.66. The van der Waals surface area contributed by atoms with Crippen LogP contribution in [0.5, 0.6) is 0 Å². The SMILES string of the molecule is FC1(F)CCN(C2CCCCN2c2ccccc2)CC1. The van der Waals surface area contributed by atoms with Crippen molar-refractivity contribution in [1.82, 2.24) is 4.90 Å². The molecule has 4 heteroatoms. The first-order valence-corrected chi connectivity index (χ1v) is 7.59. The summed E-state index contributed by atoms with van der Waals surface area (Å²) in [5.41, 5.74) is 1.22. The number of likely N-dealkylation sites (tertiary alicyclic amines) is 1. The molecule has 2 fully saturated rings. The third kappa shape index (κ3) is 2.95. The predicted molar refractivity (Wildman–Crippen MR) is 77.2 cm³/mol. The van der Waals surface area contributed by atoms with Gasteiger partial charge in [-0.05, 0) is 31.4 Å². The number of rotatable bonds is 2. The minimum absolute atomic E-state index is 0.00608. The van der Waals surface area contributed by atoms with Crippen molar-refractivity contribution in [2.75, 3.05) is 24.5 Å². The Balaban J connectivity index is 1.73. The van der Waals surface area contributed by atoms with Crippen LogP contribution in [0.3, 0.4) is 0 Å². The molecule has 2 aliphatic heterocycles. The number of halogens is 2. The number of hydrogen-bond donors (Lipinski definition) is 0. The number of piperidine rings is 2. The van der Waals surface area contributed by atoms with Crippen LogP contribution in [0, 0.1) is 0 Å². The molecule has 0 saturated carbocycles. The molecule has 0 aliphatic carbocycles. The summed E-state index contributed by atoms with van der Waals surface area (Å²) in [7, 11) is 0. The highest BCUT2D eigenvalue weighted by Gasteiger charge is 2.38. The number of alkyl halides is 2. The lowest BCUT2D eigenvalue weighted by Crippen LogP contribution is -2.54. The lowest BCUT2D eigenvalue weighted by molar-refractivity contribution is -0.0648. The molecular weight excluding hydrogens is 258 g/mol. The van der Waals surface area contributed by atoms with E-state index in [1.165, 1.54) is 18.5 Å². The highest BCUT2D eigenvalue weighted by molar-refractivity contribution is 5.47. The minimum Gasteiger partial charge on any atom is -0.356 e. The summed E-state index contributed by atoms with van der Waals surface area (Å²) in [6.07, 6.45) is 3.77. The first-order valence-electron chi connectivity index (χ1n) is 7.59. The van der Waals surface area contributed by atoms with Crippen LogP contribution in [-0.2, 0) is 0 Å². The van der Waals surface area contributed by atoms with Gasteiger partial charge in [0, 0.05) is 38.2 Å². The van der Waals surface area contributed by atoms with Gasteiger partial charge in [-0.1, -0.05) is 18.2 Å². The van der Waals surface area contributed by atoms with E-state index in [2.05, 4.69) is 21.9 Å². The molecule has 0 spiro atoms. The van der Waals surface area contributed by atoms with Gasteiger partial charge in [0.05, 0.1) is 6.17 Å². The highest BCUT2D eigenvalue weighted by Crippen LogP contribution is 2.33. The van der Waals surface area contributed by atoms with Gasteiger partial charge in [-0.2, -0.15) is 0 Å². The maximum absolute atomic E-state index is 13.3. The lowest BCUT2D eigenvalue weighted by atomic mass is 10.0. The van der Waals surface area contributed by atoms with Crippen LogP contribution < -0.4 is 4.90 Å². The van der Waals surface area contributed by atoms with Crippen LogP contribution in [0.15, 0.2) is 30.3 Å². The van der Waals surface area contributed by atoms with Gasteiger partial charge in [0.25, 0.3) is 5.92 Å². The molecule has 0 radical (unpaired) electrons. The van der Waals surface area contributed by atoms with Gasteiger partial charge in [-0.25, -0.2) is 8.78 Å². The number of hydrogen-bond acceptors (Lipinski definition) is 2. The fraction of sp³-hybridized carbons (Fsp3) is 0.625. The van der Waals surface area contributed by atoms with E-state index >= 15 is 0 Å². The van der Waals surface area contributed by atoms with Crippen molar-refractivity contribution < 1.29 is 8.78 Å². The van der Waals surface area contributed by atoms with Crippen molar-refractivity contribution in [3.63, 3.8) is 0 Å². The Hall–Kier alpha value is -1.16. The second-order valence-corrected chi connectivity index (χ2v) is 5.90. The Labute approximate surface area is 119 Å². The van der Waals surface area contributed by atoms with E-state index in [0.29, 0.717) is 19.3 Å². The van der Waals surface area contributed by atoms with Crippen molar-refractivity contribution in [3.8, 4) is 0 Å². The fourth-order valence-electron chi connectivity index (χ4n) is 3.36. The van der Waals surface area contributed by atoms with Gasteiger partial charge < -0.3 is 4.90 Å². The first kappa shape index (κ1) is 13.8. The summed E-state index contributed by atoms with van der Waals surface area (Å²) in [5.74, 6) is -2.46. The molecule has 0 bridgehead atoms. The molecule has 1 aromatic rings. The summed E-state index contributed by atoms with van der Waals surface area (Å²) >= 11 is 0. The molecule has 2 nitrogen and oxygen atoms in total. The molecule has 1 unspecified atom stereocenters. The molecule has 0 N–H and O–H groups in total. The molecule has 2 saturated heterocycles. The fourth-order valence-corrected chi connectivity index (χ4v) is 3.36. The third-order valence-corrected chi connectivity index (χ3v) is 4.51. The van der Waals surface area contributed by atoms with Crippen molar-refractivity contribution >= 4 is 5.69 Å². The minimum atomic E-state index is -2.46. The number of benzene rings is 1. The van der Waals surface area contributed by atoms with E-state index in [1.54, 1.807) is 0 Å².